The maximum atomic E-state index is 11.2. The third kappa shape index (κ3) is 3.80. The van der Waals surface area contributed by atoms with E-state index in [4.69, 9.17) is 0 Å². The second-order valence-corrected chi connectivity index (χ2v) is 4.69. The summed E-state index contributed by atoms with van der Waals surface area (Å²) in [7, 11) is 6.33. The summed E-state index contributed by atoms with van der Waals surface area (Å²) >= 11 is 0. The Labute approximate surface area is 92.8 Å². The molecule has 0 aliphatic carbocycles. The molecule has 0 bridgehead atoms. The molecule has 1 aliphatic heterocycles. The number of likely N-dealkylation sites (N-methyl/N-ethyl adjacent to an activating group) is 2. The summed E-state index contributed by atoms with van der Waals surface area (Å²) in [6.07, 6.45) is 1.11. The molecule has 1 saturated heterocycles. The molecule has 1 amide bonds. The van der Waals surface area contributed by atoms with Crippen LogP contribution in [0.15, 0.2) is 0 Å². The average molecular weight is 213 g/mol. The second-order valence-electron chi connectivity index (χ2n) is 4.69. The Bertz CT molecular complexity index is 218. The zero-order valence-corrected chi connectivity index (χ0v) is 10.4. The van der Waals surface area contributed by atoms with Crippen LogP contribution in [-0.4, -0.2) is 74.0 Å². The number of hydrogen-bond acceptors (Lipinski definition) is 3. The lowest BCUT2D eigenvalue weighted by molar-refractivity contribution is -0.127. The molecule has 0 spiro atoms. The monoisotopic (exact) mass is 213 g/mol. The molecular formula is C11H23N3O. The minimum absolute atomic E-state index is 0.207. The molecule has 0 saturated carbocycles. The van der Waals surface area contributed by atoms with E-state index in [0.717, 1.165) is 32.6 Å². The second kappa shape index (κ2) is 5.47. The van der Waals surface area contributed by atoms with Gasteiger partial charge in [0.05, 0.1) is 0 Å². The van der Waals surface area contributed by atoms with Gasteiger partial charge in [-0.2, -0.15) is 0 Å². The highest BCUT2D eigenvalue weighted by atomic mass is 16.2. The molecule has 0 N–H and O–H groups in total. The van der Waals surface area contributed by atoms with Crippen molar-refractivity contribution in [1.29, 1.82) is 0 Å². The lowest BCUT2D eigenvalue weighted by Gasteiger charge is -2.25. The summed E-state index contributed by atoms with van der Waals surface area (Å²) in [5.74, 6) is 0.207. The predicted octanol–water partition coefficient (Wildman–Crippen LogP) is 0.101. The fourth-order valence-corrected chi connectivity index (χ4v) is 1.93. The minimum atomic E-state index is 0.207. The first-order valence-corrected chi connectivity index (χ1v) is 5.61. The van der Waals surface area contributed by atoms with E-state index in [1.54, 1.807) is 6.92 Å². The molecule has 1 rings (SSSR count). The van der Waals surface area contributed by atoms with Gasteiger partial charge in [-0.25, -0.2) is 0 Å². The van der Waals surface area contributed by atoms with E-state index >= 15 is 0 Å². The quantitative estimate of drug-likeness (QED) is 0.663. The topological polar surface area (TPSA) is 26.8 Å². The Balaban J connectivity index is 2.30. The standard InChI is InChI=1S/C11H23N3O/c1-10(15)14-6-5-11(9-14)13(4)8-7-12(2)3/h11H,5-9H2,1-4H3. The molecule has 1 unspecified atom stereocenters. The summed E-state index contributed by atoms with van der Waals surface area (Å²) in [6, 6.07) is 0.550. The van der Waals surface area contributed by atoms with Crippen LogP contribution in [0.1, 0.15) is 13.3 Å². The first kappa shape index (κ1) is 12.5. The van der Waals surface area contributed by atoms with Crippen molar-refractivity contribution < 1.29 is 4.79 Å². The van der Waals surface area contributed by atoms with Gasteiger partial charge in [0.2, 0.25) is 5.91 Å². The van der Waals surface area contributed by atoms with Crippen molar-refractivity contribution in [2.24, 2.45) is 0 Å². The van der Waals surface area contributed by atoms with Crippen molar-refractivity contribution in [1.82, 2.24) is 14.7 Å². The van der Waals surface area contributed by atoms with Gasteiger partial charge in [-0.05, 0) is 27.6 Å². The fraction of sp³-hybridized carbons (Fsp3) is 0.909. The Hall–Kier alpha value is -0.610. The van der Waals surface area contributed by atoms with Gasteiger partial charge < -0.3 is 14.7 Å². The van der Waals surface area contributed by atoms with Crippen molar-refractivity contribution >= 4 is 5.91 Å². The van der Waals surface area contributed by atoms with Crippen molar-refractivity contribution in [2.75, 3.05) is 47.3 Å². The Morgan fingerprint density at radius 2 is 2.00 bits per heavy atom. The molecule has 0 aromatic rings. The van der Waals surface area contributed by atoms with Crippen LogP contribution in [0.5, 0.6) is 0 Å². The van der Waals surface area contributed by atoms with Crippen molar-refractivity contribution in [3.8, 4) is 0 Å². The van der Waals surface area contributed by atoms with Crippen LogP contribution in [0.3, 0.4) is 0 Å². The van der Waals surface area contributed by atoms with Crippen LogP contribution in [0.4, 0.5) is 0 Å². The highest BCUT2D eigenvalue weighted by Crippen LogP contribution is 2.13. The van der Waals surface area contributed by atoms with E-state index in [9.17, 15) is 4.79 Å². The zero-order chi connectivity index (χ0) is 11.4. The summed E-state index contributed by atoms with van der Waals surface area (Å²) < 4.78 is 0. The minimum Gasteiger partial charge on any atom is -0.341 e. The molecule has 4 heteroatoms. The summed E-state index contributed by atoms with van der Waals surface area (Å²) in [5.41, 5.74) is 0. The molecule has 1 atom stereocenters. The number of carbonyl (C=O) groups is 1. The van der Waals surface area contributed by atoms with Gasteiger partial charge in [-0.1, -0.05) is 0 Å². The lowest BCUT2D eigenvalue weighted by atomic mass is 10.2. The molecule has 88 valence electrons. The van der Waals surface area contributed by atoms with E-state index in [1.165, 1.54) is 0 Å². The van der Waals surface area contributed by atoms with E-state index in [-0.39, 0.29) is 5.91 Å². The maximum Gasteiger partial charge on any atom is 0.219 e. The third-order valence-electron chi connectivity index (χ3n) is 3.13. The van der Waals surface area contributed by atoms with Crippen LogP contribution >= 0.6 is 0 Å². The van der Waals surface area contributed by atoms with Gasteiger partial charge >= 0.3 is 0 Å². The van der Waals surface area contributed by atoms with E-state index in [1.807, 2.05) is 4.90 Å². The van der Waals surface area contributed by atoms with Crippen LogP contribution in [0.2, 0.25) is 0 Å². The molecule has 15 heavy (non-hydrogen) atoms. The normalized spacial score (nSPS) is 21.7. The largest absolute Gasteiger partial charge is 0.341 e. The smallest absolute Gasteiger partial charge is 0.219 e. The third-order valence-corrected chi connectivity index (χ3v) is 3.13. The van der Waals surface area contributed by atoms with Gasteiger partial charge in [0.1, 0.15) is 0 Å². The van der Waals surface area contributed by atoms with Gasteiger partial charge in [0, 0.05) is 39.1 Å². The number of likely N-dealkylation sites (tertiary alicyclic amines) is 1. The van der Waals surface area contributed by atoms with Crippen LogP contribution in [0.25, 0.3) is 0 Å². The van der Waals surface area contributed by atoms with Gasteiger partial charge in [0.15, 0.2) is 0 Å². The van der Waals surface area contributed by atoms with Crippen molar-refractivity contribution in [3.05, 3.63) is 0 Å². The maximum absolute atomic E-state index is 11.2. The first-order chi connectivity index (χ1) is 7.00. The number of rotatable bonds is 4. The predicted molar refractivity (Wildman–Crippen MR) is 61.8 cm³/mol. The lowest BCUT2D eigenvalue weighted by Crippen LogP contribution is -2.39. The average Bonchev–Trinajstić information content (AvgIpc) is 2.62. The van der Waals surface area contributed by atoms with E-state index < -0.39 is 0 Å². The zero-order valence-electron chi connectivity index (χ0n) is 10.4. The number of carbonyl (C=O) groups excluding carboxylic acids is 1. The van der Waals surface area contributed by atoms with Gasteiger partial charge in [-0.15, -0.1) is 0 Å². The summed E-state index contributed by atoms with van der Waals surface area (Å²) in [4.78, 5) is 17.7. The molecule has 1 aliphatic rings. The number of nitrogens with zero attached hydrogens (tertiary/aromatic N) is 3. The molecule has 1 heterocycles. The molecular weight excluding hydrogens is 190 g/mol. The highest BCUT2D eigenvalue weighted by molar-refractivity contribution is 5.73. The summed E-state index contributed by atoms with van der Waals surface area (Å²) in [6.45, 7) is 5.63. The molecule has 0 radical (unpaired) electrons. The van der Waals surface area contributed by atoms with E-state index in [2.05, 4.69) is 30.9 Å². The molecule has 1 fully saturated rings. The number of amides is 1. The Kier molecular flexibility index (Phi) is 4.54. The van der Waals surface area contributed by atoms with Crippen molar-refractivity contribution in [3.63, 3.8) is 0 Å². The molecule has 0 aromatic heterocycles. The van der Waals surface area contributed by atoms with Crippen LogP contribution < -0.4 is 0 Å². The molecule has 4 nitrogen and oxygen atoms in total. The Morgan fingerprint density at radius 3 is 2.47 bits per heavy atom. The van der Waals surface area contributed by atoms with Crippen molar-refractivity contribution in [2.45, 2.75) is 19.4 Å². The highest BCUT2D eigenvalue weighted by Gasteiger charge is 2.26. The summed E-state index contributed by atoms with van der Waals surface area (Å²) in [5, 5.41) is 0. The van der Waals surface area contributed by atoms with Gasteiger partial charge in [-0.3, -0.25) is 4.79 Å². The van der Waals surface area contributed by atoms with Crippen LogP contribution in [0, 0.1) is 0 Å². The van der Waals surface area contributed by atoms with Crippen LogP contribution in [-0.2, 0) is 4.79 Å². The SMILES string of the molecule is CC(=O)N1CCC(N(C)CCN(C)C)C1. The first-order valence-electron chi connectivity index (χ1n) is 5.61. The fourth-order valence-electron chi connectivity index (χ4n) is 1.93. The number of hydrogen-bond donors (Lipinski definition) is 0. The van der Waals surface area contributed by atoms with E-state index in [0.29, 0.717) is 6.04 Å². The molecule has 0 aromatic carbocycles. The Morgan fingerprint density at radius 1 is 1.33 bits per heavy atom. The van der Waals surface area contributed by atoms with Gasteiger partial charge in [0.25, 0.3) is 0 Å².